The first kappa shape index (κ1) is 16.7. The van der Waals surface area contributed by atoms with Crippen LogP contribution in [0.15, 0.2) is 33.8 Å². The van der Waals surface area contributed by atoms with Gasteiger partial charge in [0.05, 0.1) is 13.2 Å². The van der Waals surface area contributed by atoms with Crippen molar-refractivity contribution in [3.63, 3.8) is 0 Å². The first-order valence-electron chi connectivity index (χ1n) is 6.83. The average molecular weight is 327 g/mol. The summed E-state index contributed by atoms with van der Waals surface area (Å²) >= 11 is 5.87. The highest BCUT2D eigenvalue weighted by Crippen LogP contribution is 2.33. The number of ether oxygens (including phenoxy) is 1. The molecule has 0 aromatic carbocycles. The van der Waals surface area contributed by atoms with Crippen LogP contribution < -0.4 is 4.90 Å². The van der Waals surface area contributed by atoms with Crippen molar-refractivity contribution in [2.75, 3.05) is 18.1 Å². The zero-order valence-corrected chi connectivity index (χ0v) is 13.6. The molecule has 0 spiro atoms. The molecule has 1 N–H and O–H groups in total. The lowest BCUT2D eigenvalue weighted by molar-refractivity contribution is -0.115. The molecule has 6 nitrogen and oxygen atoms in total. The van der Waals surface area contributed by atoms with Gasteiger partial charge in [0, 0.05) is 17.1 Å². The van der Waals surface area contributed by atoms with Crippen LogP contribution in [0.5, 0.6) is 0 Å². The van der Waals surface area contributed by atoms with Gasteiger partial charge in [-0.25, -0.2) is 0 Å². The molecule has 22 heavy (non-hydrogen) atoms. The molecule has 1 atom stereocenters. The van der Waals surface area contributed by atoms with E-state index in [4.69, 9.17) is 20.9 Å². The smallest absolute Gasteiger partial charge is 0.273 e. The minimum atomic E-state index is -1.13. The van der Waals surface area contributed by atoms with Gasteiger partial charge in [0.2, 0.25) is 0 Å². The number of halogens is 1. The van der Waals surface area contributed by atoms with Crippen molar-refractivity contribution in [2.24, 2.45) is 0 Å². The SMILES string of the molecule is C=CCOCC(C)(C)c1cc(N2C(=O)C(Cl)=C(C)C2O)no1. The number of aliphatic hydroxyl groups is 1. The van der Waals surface area contributed by atoms with Crippen molar-refractivity contribution in [1.29, 1.82) is 0 Å². The van der Waals surface area contributed by atoms with Crippen LogP contribution >= 0.6 is 11.6 Å². The molecule has 1 aromatic heterocycles. The van der Waals surface area contributed by atoms with Crippen molar-refractivity contribution in [1.82, 2.24) is 5.16 Å². The summed E-state index contributed by atoms with van der Waals surface area (Å²) in [7, 11) is 0. The standard InChI is InChI=1S/C15H19ClN2O4/c1-5-6-21-8-15(3,4)10-7-11(17-22-10)18-13(19)9(2)12(16)14(18)20/h5,7,13,19H,1,6,8H2,2-4H3. The van der Waals surface area contributed by atoms with Crippen LogP contribution in [-0.4, -0.2) is 35.6 Å². The number of carbonyl (C=O) groups is 1. The topological polar surface area (TPSA) is 75.8 Å². The van der Waals surface area contributed by atoms with Crippen molar-refractivity contribution in [3.8, 4) is 0 Å². The van der Waals surface area contributed by atoms with Crippen molar-refractivity contribution in [2.45, 2.75) is 32.4 Å². The fraction of sp³-hybridized carbons (Fsp3) is 0.467. The van der Waals surface area contributed by atoms with E-state index in [0.29, 0.717) is 24.5 Å². The summed E-state index contributed by atoms with van der Waals surface area (Å²) in [6.07, 6.45) is 0.538. The molecule has 0 aliphatic carbocycles. The third-order valence-corrected chi connectivity index (χ3v) is 3.95. The number of amides is 1. The summed E-state index contributed by atoms with van der Waals surface area (Å²) in [5, 5.41) is 14.0. The highest BCUT2D eigenvalue weighted by atomic mass is 35.5. The molecule has 1 aromatic rings. The Morgan fingerprint density at radius 3 is 2.86 bits per heavy atom. The molecule has 0 fully saturated rings. The Kier molecular flexibility index (Phi) is 4.75. The molecule has 0 radical (unpaired) electrons. The van der Waals surface area contributed by atoms with Crippen LogP contribution in [-0.2, 0) is 14.9 Å². The lowest BCUT2D eigenvalue weighted by atomic mass is 9.91. The number of hydrogen-bond donors (Lipinski definition) is 1. The van der Waals surface area contributed by atoms with Gasteiger partial charge < -0.3 is 14.4 Å². The maximum atomic E-state index is 12.1. The third-order valence-electron chi connectivity index (χ3n) is 3.49. The lowest BCUT2D eigenvalue weighted by Crippen LogP contribution is -2.35. The Bertz CT molecular complexity index is 621. The predicted molar refractivity (Wildman–Crippen MR) is 82.6 cm³/mol. The fourth-order valence-electron chi connectivity index (χ4n) is 2.09. The van der Waals surface area contributed by atoms with E-state index in [1.165, 1.54) is 0 Å². The van der Waals surface area contributed by atoms with Gasteiger partial charge in [0.15, 0.2) is 12.0 Å². The van der Waals surface area contributed by atoms with Gasteiger partial charge in [-0.3, -0.25) is 9.69 Å². The maximum absolute atomic E-state index is 12.1. The largest absolute Gasteiger partial charge is 0.376 e. The van der Waals surface area contributed by atoms with E-state index >= 15 is 0 Å². The summed E-state index contributed by atoms with van der Waals surface area (Å²) in [5.41, 5.74) is -0.0429. The molecule has 0 saturated heterocycles. The Hall–Kier alpha value is -1.63. The van der Waals surface area contributed by atoms with Gasteiger partial charge in [-0.15, -0.1) is 6.58 Å². The number of nitrogens with zero attached hydrogens (tertiary/aromatic N) is 2. The first-order valence-corrected chi connectivity index (χ1v) is 7.21. The van der Waals surface area contributed by atoms with E-state index < -0.39 is 17.6 Å². The Morgan fingerprint density at radius 1 is 1.64 bits per heavy atom. The molecule has 1 unspecified atom stereocenters. The number of aromatic nitrogens is 1. The van der Waals surface area contributed by atoms with E-state index in [-0.39, 0.29) is 10.9 Å². The number of anilines is 1. The Labute approximate surface area is 134 Å². The summed E-state index contributed by atoms with van der Waals surface area (Å²) in [6.45, 7) is 9.89. The summed E-state index contributed by atoms with van der Waals surface area (Å²) < 4.78 is 10.8. The number of rotatable bonds is 6. The normalized spacial score (nSPS) is 19.2. The minimum Gasteiger partial charge on any atom is -0.376 e. The van der Waals surface area contributed by atoms with Crippen molar-refractivity contribution < 1.29 is 19.2 Å². The third kappa shape index (κ3) is 2.95. The minimum absolute atomic E-state index is 0.00521. The number of hydrogen-bond acceptors (Lipinski definition) is 5. The molecule has 2 heterocycles. The van der Waals surface area contributed by atoms with Crippen LogP contribution in [0.4, 0.5) is 5.82 Å². The highest BCUT2D eigenvalue weighted by molar-refractivity contribution is 6.45. The van der Waals surface area contributed by atoms with Gasteiger partial charge in [-0.2, -0.15) is 0 Å². The maximum Gasteiger partial charge on any atom is 0.273 e. The van der Waals surface area contributed by atoms with E-state index in [0.717, 1.165) is 4.90 Å². The van der Waals surface area contributed by atoms with Gasteiger partial charge >= 0.3 is 0 Å². The molecule has 1 amide bonds. The van der Waals surface area contributed by atoms with Crippen LogP contribution in [0.3, 0.4) is 0 Å². The molecule has 120 valence electrons. The quantitative estimate of drug-likeness (QED) is 0.641. The van der Waals surface area contributed by atoms with E-state index in [9.17, 15) is 9.90 Å². The number of carbonyl (C=O) groups excluding carboxylic acids is 1. The zero-order chi connectivity index (χ0) is 16.5. The predicted octanol–water partition coefficient (Wildman–Crippen LogP) is 2.33. The van der Waals surface area contributed by atoms with Gasteiger partial charge in [0.1, 0.15) is 10.8 Å². The number of aliphatic hydroxyl groups excluding tert-OH is 1. The molecule has 7 heteroatoms. The molecule has 1 aliphatic rings. The fourth-order valence-corrected chi connectivity index (χ4v) is 2.28. The zero-order valence-electron chi connectivity index (χ0n) is 12.8. The van der Waals surface area contributed by atoms with Crippen LogP contribution in [0.2, 0.25) is 0 Å². The second-order valence-electron chi connectivity index (χ2n) is 5.78. The molecule has 2 rings (SSSR count). The van der Waals surface area contributed by atoms with Crippen molar-refractivity contribution in [3.05, 3.63) is 35.1 Å². The monoisotopic (exact) mass is 326 g/mol. The van der Waals surface area contributed by atoms with Crippen molar-refractivity contribution >= 4 is 23.3 Å². The molecule has 0 saturated carbocycles. The summed E-state index contributed by atoms with van der Waals surface area (Å²) in [6, 6.07) is 1.61. The Balaban J connectivity index is 2.19. The van der Waals surface area contributed by atoms with Crippen LogP contribution in [0.25, 0.3) is 0 Å². The summed E-state index contributed by atoms with van der Waals surface area (Å²) in [4.78, 5) is 13.2. The summed E-state index contributed by atoms with van der Waals surface area (Å²) in [5.74, 6) is 0.277. The van der Waals surface area contributed by atoms with Gasteiger partial charge in [-0.05, 0) is 6.92 Å². The van der Waals surface area contributed by atoms with E-state index in [1.54, 1.807) is 19.1 Å². The lowest BCUT2D eigenvalue weighted by Gasteiger charge is -2.20. The molecular weight excluding hydrogens is 308 g/mol. The van der Waals surface area contributed by atoms with E-state index in [2.05, 4.69) is 11.7 Å². The molecular formula is C15H19ClN2O4. The first-order chi connectivity index (χ1) is 10.3. The Morgan fingerprint density at radius 2 is 2.32 bits per heavy atom. The van der Waals surface area contributed by atoms with Gasteiger partial charge in [-0.1, -0.05) is 36.7 Å². The highest BCUT2D eigenvalue weighted by Gasteiger charge is 2.38. The second-order valence-corrected chi connectivity index (χ2v) is 6.16. The van der Waals surface area contributed by atoms with Crippen LogP contribution in [0.1, 0.15) is 26.5 Å². The molecule has 0 bridgehead atoms. The van der Waals surface area contributed by atoms with Gasteiger partial charge in [0.25, 0.3) is 5.91 Å². The average Bonchev–Trinajstić information content (AvgIpc) is 3.01. The second kappa shape index (κ2) is 6.24. The van der Waals surface area contributed by atoms with E-state index in [1.807, 2.05) is 13.8 Å². The van der Waals surface area contributed by atoms with Crippen LogP contribution in [0, 0.1) is 0 Å². The molecule has 1 aliphatic heterocycles.